The van der Waals surface area contributed by atoms with Crippen molar-refractivity contribution in [1.29, 1.82) is 0 Å². The predicted octanol–water partition coefficient (Wildman–Crippen LogP) is 4.89. The van der Waals surface area contributed by atoms with E-state index in [1.807, 2.05) is 32.0 Å². The van der Waals surface area contributed by atoms with E-state index < -0.39 is 0 Å². The topological polar surface area (TPSA) is 50.8 Å². The number of anilines is 1. The summed E-state index contributed by atoms with van der Waals surface area (Å²) in [6.07, 6.45) is 2.98. The Labute approximate surface area is 176 Å². The molecule has 4 rings (SSSR count). The van der Waals surface area contributed by atoms with Gasteiger partial charge in [0.1, 0.15) is 0 Å². The SMILES string of the molecule is Cc1cc(C)c(NC(=O)CN2CCC[C@H]2c2ccc3c(c2)OCCCO3)c(Cl)c1. The van der Waals surface area contributed by atoms with E-state index in [1.54, 1.807) is 0 Å². The zero-order valence-electron chi connectivity index (χ0n) is 17.0. The Morgan fingerprint density at radius 3 is 2.72 bits per heavy atom. The van der Waals surface area contributed by atoms with Crippen molar-refractivity contribution in [3.05, 3.63) is 52.0 Å². The van der Waals surface area contributed by atoms with Crippen LogP contribution in [0.2, 0.25) is 5.02 Å². The Kier molecular flexibility index (Phi) is 5.97. The molecule has 1 N–H and O–H groups in total. The zero-order valence-corrected chi connectivity index (χ0v) is 17.7. The third kappa shape index (κ3) is 4.51. The molecule has 2 heterocycles. The monoisotopic (exact) mass is 414 g/mol. The van der Waals surface area contributed by atoms with E-state index in [2.05, 4.69) is 22.3 Å². The van der Waals surface area contributed by atoms with E-state index in [-0.39, 0.29) is 11.9 Å². The quantitative estimate of drug-likeness (QED) is 0.773. The molecule has 0 spiro atoms. The molecule has 2 aromatic carbocycles. The largest absolute Gasteiger partial charge is 0.490 e. The third-order valence-electron chi connectivity index (χ3n) is 5.56. The summed E-state index contributed by atoms with van der Waals surface area (Å²) in [4.78, 5) is 15.0. The van der Waals surface area contributed by atoms with Gasteiger partial charge in [-0.05, 0) is 68.1 Å². The molecule has 0 unspecified atom stereocenters. The first kappa shape index (κ1) is 20.0. The normalized spacial score (nSPS) is 19.1. The van der Waals surface area contributed by atoms with Gasteiger partial charge in [0, 0.05) is 12.5 Å². The lowest BCUT2D eigenvalue weighted by Crippen LogP contribution is -2.33. The number of nitrogens with zero attached hydrogens (tertiary/aromatic N) is 1. The van der Waals surface area contributed by atoms with E-state index in [9.17, 15) is 4.79 Å². The lowest BCUT2D eigenvalue weighted by atomic mass is 10.0. The van der Waals surface area contributed by atoms with E-state index in [1.165, 1.54) is 5.56 Å². The van der Waals surface area contributed by atoms with Crippen LogP contribution in [0.4, 0.5) is 5.69 Å². The molecule has 0 bridgehead atoms. The number of hydrogen-bond donors (Lipinski definition) is 1. The highest BCUT2D eigenvalue weighted by molar-refractivity contribution is 6.34. The smallest absolute Gasteiger partial charge is 0.238 e. The van der Waals surface area contributed by atoms with Crippen LogP contribution in [0.15, 0.2) is 30.3 Å². The summed E-state index contributed by atoms with van der Waals surface area (Å²) in [5.74, 6) is 1.57. The molecule has 2 aliphatic rings. The van der Waals surface area contributed by atoms with Crippen LogP contribution in [0, 0.1) is 13.8 Å². The van der Waals surface area contributed by atoms with E-state index in [0.717, 1.165) is 48.4 Å². The van der Waals surface area contributed by atoms with Crippen molar-refractivity contribution in [2.45, 2.75) is 39.2 Å². The van der Waals surface area contributed by atoms with Crippen LogP contribution < -0.4 is 14.8 Å². The van der Waals surface area contributed by atoms with Crippen LogP contribution in [0.25, 0.3) is 0 Å². The summed E-state index contributed by atoms with van der Waals surface area (Å²) in [5, 5.41) is 3.59. The molecule has 1 amide bonds. The van der Waals surface area contributed by atoms with Gasteiger partial charge in [0.2, 0.25) is 5.91 Å². The van der Waals surface area contributed by atoms with Crippen molar-refractivity contribution in [2.24, 2.45) is 0 Å². The number of carbonyl (C=O) groups is 1. The van der Waals surface area contributed by atoms with Gasteiger partial charge in [0.05, 0.1) is 30.5 Å². The summed E-state index contributed by atoms with van der Waals surface area (Å²) >= 11 is 6.35. The number of carbonyl (C=O) groups excluding carboxylic acids is 1. The van der Waals surface area contributed by atoms with Crippen molar-refractivity contribution in [3.8, 4) is 11.5 Å². The van der Waals surface area contributed by atoms with Crippen molar-refractivity contribution in [1.82, 2.24) is 4.90 Å². The number of fused-ring (bicyclic) bond motifs is 1. The maximum atomic E-state index is 12.8. The van der Waals surface area contributed by atoms with Gasteiger partial charge in [-0.2, -0.15) is 0 Å². The Hall–Kier alpha value is -2.24. The number of amides is 1. The van der Waals surface area contributed by atoms with Gasteiger partial charge >= 0.3 is 0 Å². The standard InChI is InChI=1S/C23H27ClN2O3/c1-15-11-16(2)23(18(24)12-15)25-22(27)14-26-8-3-5-19(26)17-6-7-20-21(13-17)29-10-4-9-28-20/h6-7,11-13,19H,3-5,8-10,14H2,1-2H3,(H,25,27)/t19-/m0/s1. The number of halogens is 1. The minimum Gasteiger partial charge on any atom is -0.490 e. The van der Waals surface area contributed by atoms with Crippen LogP contribution in [0.5, 0.6) is 11.5 Å². The molecular weight excluding hydrogens is 388 g/mol. The molecule has 154 valence electrons. The highest BCUT2D eigenvalue weighted by Gasteiger charge is 2.29. The van der Waals surface area contributed by atoms with Gasteiger partial charge in [0.15, 0.2) is 11.5 Å². The Balaban J connectivity index is 1.46. The molecule has 0 radical (unpaired) electrons. The van der Waals surface area contributed by atoms with E-state index in [4.69, 9.17) is 21.1 Å². The highest BCUT2D eigenvalue weighted by atomic mass is 35.5. The summed E-state index contributed by atoms with van der Waals surface area (Å²) in [5.41, 5.74) is 3.93. The van der Waals surface area contributed by atoms with Gasteiger partial charge in [-0.25, -0.2) is 0 Å². The van der Waals surface area contributed by atoms with Crippen molar-refractivity contribution in [2.75, 3.05) is 31.6 Å². The average molecular weight is 415 g/mol. The number of likely N-dealkylation sites (tertiary alicyclic amines) is 1. The lowest BCUT2D eigenvalue weighted by Gasteiger charge is -2.25. The van der Waals surface area contributed by atoms with Crippen LogP contribution >= 0.6 is 11.6 Å². The third-order valence-corrected chi connectivity index (χ3v) is 5.86. The van der Waals surface area contributed by atoms with Crippen LogP contribution in [-0.2, 0) is 4.79 Å². The number of ether oxygens (including phenoxy) is 2. The summed E-state index contributed by atoms with van der Waals surface area (Å²) in [7, 11) is 0. The van der Waals surface area contributed by atoms with Gasteiger partial charge in [-0.1, -0.05) is 23.7 Å². The minimum atomic E-state index is -0.0416. The average Bonchev–Trinajstić information content (AvgIpc) is 3.00. The van der Waals surface area contributed by atoms with Crippen LogP contribution in [-0.4, -0.2) is 37.1 Å². The molecule has 5 nitrogen and oxygen atoms in total. The summed E-state index contributed by atoms with van der Waals surface area (Å²) < 4.78 is 11.6. The van der Waals surface area contributed by atoms with Crippen LogP contribution in [0.3, 0.4) is 0 Å². The molecule has 0 saturated carbocycles. The maximum absolute atomic E-state index is 12.8. The Bertz CT molecular complexity index is 892. The fourth-order valence-corrected chi connectivity index (χ4v) is 4.59. The summed E-state index contributed by atoms with van der Waals surface area (Å²) in [6, 6.07) is 10.3. The van der Waals surface area contributed by atoms with E-state index >= 15 is 0 Å². The fraction of sp³-hybridized carbons (Fsp3) is 0.435. The molecule has 1 fully saturated rings. The fourth-order valence-electron chi connectivity index (χ4n) is 4.22. The second-order valence-electron chi connectivity index (χ2n) is 7.87. The second kappa shape index (κ2) is 8.64. The minimum absolute atomic E-state index is 0.0416. The molecule has 29 heavy (non-hydrogen) atoms. The Morgan fingerprint density at radius 1 is 1.14 bits per heavy atom. The number of benzene rings is 2. The first-order valence-electron chi connectivity index (χ1n) is 10.2. The molecular formula is C23H27ClN2O3. The second-order valence-corrected chi connectivity index (χ2v) is 8.28. The maximum Gasteiger partial charge on any atom is 0.238 e. The van der Waals surface area contributed by atoms with Crippen molar-refractivity contribution < 1.29 is 14.3 Å². The first-order chi connectivity index (χ1) is 14.0. The molecule has 6 heteroatoms. The predicted molar refractivity (Wildman–Crippen MR) is 115 cm³/mol. The first-order valence-corrected chi connectivity index (χ1v) is 10.6. The Morgan fingerprint density at radius 2 is 1.93 bits per heavy atom. The van der Waals surface area contributed by atoms with Crippen molar-refractivity contribution >= 4 is 23.2 Å². The summed E-state index contributed by atoms with van der Waals surface area (Å²) in [6.45, 7) is 6.54. The molecule has 0 aliphatic carbocycles. The zero-order chi connectivity index (χ0) is 20.4. The lowest BCUT2D eigenvalue weighted by molar-refractivity contribution is -0.117. The van der Waals surface area contributed by atoms with Gasteiger partial charge in [-0.15, -0.1) is 0 Å². The van der Waals surface area contributed by atoms with Gasteiger partial charge < -0.3 is 14.8 Å². The number of rotatable bonds is 4. The molecule has 2 aliphatic heterocycles. The van der Waals surface area contributed by atoms with Gasteiger partial charge in [0.25, 0.3) is 0 Å². The molecule has 1 atom stereocenters. The van der Waals surface area contributed by atoms with E-state index in [0.29, 0.717) is 30.5 Å². The van der Waals surface area contributed by atoms with Crippen LogP contribution in [0.1, 0.15) is 42.0 Å². The van der Waals surface area contributed by atoms with Gasteiger partial charge in [-0.3, -0.25) is 9.69 Å². The van der Waals surface area contributed by atoms with Crippen molar-refractivity contribution in [3.63, 3.8) is 0 Å². The number of nitrogens with one attached hydrogen (secondary N) is 1. The number of aryl methyl sites for hydroxylation is 2. The molecule has 0 aromatic heterocycles. The number of hydrogen-bond acceptors (Lipinski definition) is 4. The highest BCUT2D eigenvalue weighted by Crippen LogP contribution is 2.38. The molecule has 2 aromatic rings. The molecule has 1 saturated heterocycles.